The van der Waals surface area contributed by atoms with Crippen molar-refractivity contribution in [1.82, 2.24) is 15.2 Å². The number of anilines is 3. The molecule has 1 aliphatic heterocycles. The quantitative estimate of drug-likeness (QED) is 0.344. The van der Waals surface area contributed by atoms with Crippen LogP contribution < -0.4 is 26.4 Å². The maximum Gasteiger partial charge on any atom is 0.451 e. The second-order valence-electron chi connectivity index (χ2n) is 7.22. The van der Waals surface area contributed by atoms with Crippen LogP contribution in [-0.4, -0.2) is 58.0 Å². The zero-order valence-corrected chi connectivity index (χ0v) is 14.8. The molecule has 5 N–H and O–H groups in total. The van der Waals surface area contributed by atoms with Gasteiger partial charge in [-0.2, -0.15) is 10.1 Å². The smallest absolute Gasteiger partial charge is 0.427 e. The van der Waals surface area contributed by atoms with E-state index >= 15 is 0 Å². The molecule has 2 aromatic rings. The Morgan fingerprint density at radius 3 is 2.81 bits per heavy atom. The molecule has 10 nitrogen and oxygen atoms in total. The van der Waals surface area contributed by atoms with Crippen molar-refractivity contribution in [3.63, 3.8) is 0 Å². The Hall–Kier alpha value is -2.24. The van der Waals surface area contributed by atoms with Crippen LogP contribution in [0.25, 0.3) is 0 Å². The Kier molecular flexibility index (Phi) is 4.87. The lowest BCUT2D eigenvalue weighted by molar-refractivity contribution is 0.343. The first-order valence-corrected chi connectivity index (χ1v) is 8.54. The van der Waals surface area contributed by atoms with Gasteiger partial charge in [0.05, 0.1) is 0 Å². The molecule has 11 heteroatoms. The summed E-state index contributed by atoms with van der Waals surface area (Å²) in [5.41, 5.74) is 5.45. The molecule has 1 aromatic heterocycles. The fraction of sp³-hybridized carbons (Fsp3) is 0.600. The number of nitrogens with one attached hydrogen (secondary N) is 1. The topological polar surface area (TPSA) is 149 Å². The van der Waals surface area contributed by atoms with E-state index in [2.05, 4.69) is 15.2 Å². The van der Waals surface area contributed by atoms with Crippen LogP contribution in [0.1, 0.15) is 19.8 Å². The third-order valence-corrected chi connectivity index (χ3v) is 5.15. The van der Waals surface area contributed by atoms with Crippen molar-refractivity contribution in [2.45, 2.75) is 31.6 Å². The molecule has 1 aliphatic rings. The Bertz CT molecular complexity index is 830. The summed E-state index contributed by atoms with van der Waals surface area (Å²) in [6, 6.07) is 0. The highest BCUT2D eigenvalue weighted by Gasteiger charge is 2.43. The zero-order chi connectivity index (χ0) is 19.1. The van der Waals surface area contributed by atoms with Crippen molar-refractivity contribution in [3.8, 4) is 0 Å². The van der Waals surface area contributed by atoms with E-state index in [4.69, 9.17) is 15.8 Å². The van der Waals surface area contributed by atoms with Crippen molar-refractivity contribution in [1.29, 1.82) is 0 Å². The molecule has 1 saturated heterocycles. The highest BCUT2D eigenvalue weighted by Crippen LogP contribution is 2.36. The lowest BCUT2D eigenvalue weighted by Gasteiger charge is -2.27. The van der Waals surface area contributed by atoms with Gasteiger partial charge in [-0.25, -0.2) is 5.10 Å². The summed E-state index contributed by atoms with van der Waals surface area (Å²) in [5, 5.41) is 24.4. The first-order chi connectivity index (χ1) is 12.2. The lowest BCUT2D eigenvalue weighted by atomic mass is 9.79. The van der Waals surface area contributed by atoms with Crippen molar-refractivity contribution in [3.05, 3.63) is 26.8 Å². The Balaban J connectivity index is 1.79. The van der Waals surface area contributed by atoms with E-state index in [-0.39, 0.29) is 17.9 Å². The van der Waals surface area contributed by atoms with E-state index in [9.17, 15) is 9.59 Å². The minimum absolute atomic E-state index is 0.0779. The summed E-state index contributed by atoms with van der Waals surface area (Å²) < 4.78 is 0. The van der Waals surface area contributed by atoms with E-state index in [1.807, 2.05) is 11.8 Å². The second kappa shape index (κ2) is 6.82. The molecule has 0 aliphatic carbocycles. The predicted octanol–water partition coefficient (Wildman–Crippen LogP) is -1.42. The zero-order valence-electron chi connectivity index (χ0n) is 14.8. The summed E-state index contributed by atoms with van der Waals surface area (Å²) in [6.07, 6.45) is 2.95. The standard InChI is InChI=1S/C15H23BN6O4/c1-15(17)7-22(6-9(15)4-3-5-16(25)26)11-10(12(23)13(11)24)21(2)14-18-8-19-20-14/h8-9,25-26H,3-7,17H2,1-2H3,(H,18,19,20)/t9-,15-/m0/s1. The van der Waals surface area contributed by atoms with Crippen molar-refractivity contribution < 1.29 is 10.0 Å². The second-order valence-corrected chi connectivity index (χ2v) is 7.22. The third kappa shape index (κ3) is 3.25. The van der Waals surface area contributed by atoms with Crippen LogP contribution in [0.5, 0.6) is 0 Å². The van der Waals surface area contributed by atoms with Crippen LogP contribution in [0.4, 0.5) is 17.3 Å². The Morgan fingerprint density at radius 2 is 2.19 bits per heavy atom. The number of nitrogens with zero attached hydrogens (tertiary/aromatic N) is 4. The van der Waals surface area contributed by atoms with E-state index in [1.165, 1.54) is 11.2 Å². The highest BCUT2D eigenvalue weighted by atomic mass is 16.4. The SMILES string of the molecule is CN(c1ncn[nH]1)c1c(N2C[C@H](CCCB(O)O)[C@@](C)(N)C2)c(=O)c1=O. The average Bonchev–Trinajstić information content (AvgIpc) is 3.19. The van der Waals surface area contributed by atoms with Crippen LogP contribution in [0.3, 0.4) is 0 Å². The van der Waals surface area contributed by atoms with Crippen LogP contribution in [0, 0.1) is 5.92 Å². The molecule has 26 heavy (non-hydrogen) atoms. The number of aromatic nitrogens is 3. The predicted molar refractivity (Wildman–Crippen MR) is 98.3 cm³/mol. The third-order valence-electron chi connectivity index (χ3n) is 5.15. The van der Waals surface area contributed by atoms with Gasteiger partial charge < -0.3 is 25.6 Å². The van der Waals surface area contributed by atoms with Gasteiger partial charge >= 0.3 is 7.12 Å². The molecule has 140 valence electrons. The van der Waals surface area contributed by atoms with Gasteiger partial charge in [-0.05, 0) is 25.6 Å². The molecule has 0 bridgehead atoms. The van der Waals surface area contributed by atoms with Gasteiger partial charge in [0.1, 0.15) is 17.7 Å². The molecule has 1 fully saturated rings. The monoisotopic (exact) mass is 362 g/mol. The summed E-state index contributed by atoms with van der Waals surface area (Å²) in [5.74, 6) is 0.454. The summed E-state index contributed by atoms with van der Waals surface area (Å²) in [7, 11) is 0.324. The number of rotatable bonds is 7. The molecule has 0 amide bonds. The minimum atomic E-state index is -1.33. The maximum atomic E-state index is 12.2. The number of hydrogen-bond donors (Lipinski definition) is 4. The number of aromatic amines is 1. The molecular formula is C15H23BN6O4. The van der Waals surface area contributed by atoms with Crippen LogP contribution in [0.15, 0.2) is 15.9 Å². The fourth-order valence-corrected chi connectivity index (χ4v) is 3.66. The van der Waals surface area contributed by atoms with Crippen LogP contribution in [0.2, 0.25) is 6.32 Å². The molecule has 3 rings (SSSR count). The normalized spacial score (nSPS) is 23.0. The van der Waals surface area contributed by atoms with Gasteiger partial charge in [0.25, 0.3) is 10.9 Å². The minimum Gasteiger partial charge on any atom is -0.427 e. The Morgan fingerprint density at radius 1 is 1.46 bits per heavy atom. The molecular weight excluding hydrogens is 339 g/mol. The van der Waals surface area contributed by atoms with Crippen molar-refractivity contribution >= 4 is 24.4 Å². The molecule has 0 saturated carbocycles. The number of hydrogen-bond acceptors (Lipinski definition) is 9. The first-order valence-electron chi connectivity index (χ1n) is 8.54. The van der Waals surface area contributed by atoms with E-state index in [1.54, 1.807) is 7.05 Å². The maximum absolute atomic E-state index is 12.2. The lowest BCUT2D eigenvalue weighted by Crippen LogP contribution is -2.47. The molecule has 0 spiro atoms. The van der Waals surface area contributed by atoms with Crippen LogP contribution in [-0.2, 0) is 0 Å². The molecule has 2 atom stereocenters. The Labute approximate surface area is 150 Å². The van der Waals surface area contributed by atoms with E-state index in [0.717, 1.165) is 0 Å². The molecule has 0 unspecified atom stereocenters. The van der Waals surface area contributed by atoms with E-state index in [0.29, 0.717) is 37.6 Å². The van der Waals surface area contributed by atoms with Crippen molar-refractivity contribution in [2.24, 2.45) is 11.7 Å². The molecule has 0 radical (unpaired) electrons. The molecule has 2 heterocycles. The van der Waals surface area contributed by atoms with Gasteiger partial charge in [-0.15, -0.1) is 0 Å². The largest absolute Gasteiger partial charge is 0.451 e. The van der Waals surface area contributed by atoms with Gasteiger partial charge in [0.2, 0.25) is 5.95 Å². The van der Waals surface area contributed by atoms with Gasteiger partial charge in [-0.3, -0.25) is 9.59 Å². The number of H-pyrrole nitrogens is 1. The molecule has 1 aromatic carbocycles. The summed E-state index contributed by atoms with van der Waals surface area (Å²) >= 11 is 0. The van der Waals surface area contributed by atoms with Gasteiger partial charge in [0, 0.05) is 25.7 Å². The van der Waals surface area contributed by atoms with Gasteiger partial charge in [0.15, 0.2) is 0 Å². The number of nitrogens with two attached hydrogens (primary N) is 1. The first kappa shape index (κ1) is 18.6. The summed E-state index contributed by atoms with van der Waals surface area (Å²) in [4.78, 5) is 31.7. The van der Waals surface area contributed by atoms with E-state index < -0.39 is 23.5 Å². The van der Waals surface area contributed by atoms with Crippen LogP contribution >= 0.6 is 0 Å². The highest BCUT2D eigenvalue weighted by molar-refractivity contribution is 6.40. The average molecular weight is 362 g/mol. The summed E-state index contributed by atoms with van der Waals surface area (Å²) in [6.45, 7) is 2.90. The fourth-order valence-electron chi connectivity index (χ4n) is 3.66. The van der Waals surface area contributed by atoms with Crippen molar-refractivity contribution in [2.75, 3.05) is 29.9 Å². The van der Waals surface area contributed by atoms with Gasteiger partial charge in [-0.1, -0.05) is 6.42 Å².